The molecular formula is C31H43FN4O4. The zero-order valence-corrected chi connectivity index (χ0v) is 23.9. The summed E-state index contributed by atoms with van der Waals surface area (Å²) in [7, 11) is 2.14. The maximum absolute atomic E-state index is 13.4. The minimum Gasteiger partial charge on any atom is -0.488 e. The van der Waals surface area contributed by atoms with Crippen LogP contribution in [0, 0.1) is 17.7 Å². The summed E-state index contributed by atoms with van der Waals surface area (Å²) in [5.41, 5.74) is 1.64. The van der Waals surface area contributed by atoms with Gasteiger partial charge in [0.05, 0.1) is 19.1 Å². The summed E-state index contributed by atoms with van der Waals surface area (Å²) < 4.78 is 19.8. The van der Waals surface area contributed by atoms with Crippen LogP contribution in [0.4, 0.5) is 20.6 Å². The van der Waals surface area contributed by atoms with Gasteiger partial charge in [-0.25, -0.2) is 9.18 Å². The molecule has 0 radical (unpaired) electrons. The minimum atomic E-state index is -0.478. The molecule has 1 aliphatic carbocycles. The van der Waals surface area contributed by atoms with Crippen molar-refractivity contribution in [3.05, 3.63) is 53.8 Å². The summed E-state index contributed by atoms with van der Waals surface area (Å²) in [5, 5.41) is 15.4. The van der Waals surface area contributed by atoms with Crippen LogP contribution in [0.15, 0.2) is 42.5 Å². The fourth-order valence-corrected chi connectivity index (χ4v) is 5.74. The molecule has 2 aromatic rings. The third-order valence-electron chi connectivity index (χ3n) is 8.06. The third kappa shape index (κ3) is 8.17. The summed E-state index contributed by atoms with van der Waals surface area (Å²) in [6.45, 7) is 6.08. The van der Waals surface area contributed by atoms with Gasteiger partial charge in [0.15, 0.2) is 0 Å². The van der Waals surface area contributed by atoms with Gasteiger partial charge in [-0.3, -0.25) is 4.79 Å². The van der Waals surface area contributed by atoms with Crippen LogP contribution in [0.1, 0.15) is 51.5 Å². The molecule has 1 fully saturated rings. The number of nitrogens with one attached hydrogen (secondary N) is 2. The van der Waals surface area contributed by atoms with E-state index in [0.29, 0.717) is 35.2 Å². The van der Waals surface area contributed by atoms with Gasteiger partial charge in [-0.2, -0.15) is 0 Å². The molecule has 1 saturated carbocycles. The lowest BCUT2D eigenvalue weighted by Gasteiger charge is -2.35. The average Bonchev–Trinajstić information content (AvgIpc) is 2.97. The second-order valence-electron chi connectivity index (χ2n) is 11.5. The number of nitrogens with zero attached hydrogens (tertiary/aromatic N) is 2. The Morgan fingerprint density at radius 3 is 2.48 bits per heavy atom. The molecule has 218 valence electrons. The van der Waals surface area contributed by atoms with Gasteiger partial charge in [-0.1, -0.05) is 26.2 Å². The van der Waals surface area contributed by atoms with Crippen LogP contribution in [0.2, 0.25) is 0 Å². The Labute approximate surface area is 236 Å². The molecule has 0 saturated heterocycles. The van der Waals surface area contributed by atoms with Crippen molar-refractivity contribution in [1.29, 1.82) is 0 Å². The molecule has 3 atom stereocenters. The molecule has 1 aliphatic heterocycles. The number of carbonyl (C=O) groups is 2. The highest BCUT2D eigenvalue weighted by Gasteiger charge is 2.31. The summed E-state index contributed by atoms with van der Waals surface area (Å²) in [6, 6.07) is 10.0. The molecule has 0 unspecified atom stereocenters. The number of urea groups is 1. The maximum atomic E-state index is 13.4. The predicted octanol–water partition coefficient (Wildman–Crippen LogP) is 5.13. The van der Waals surface area contributed by atoms with Crippen LogP contribution in [-0.4, -0.2) is 72.3 Å². The average molecular weight is 555 g/mol. The Morgan fingerprint density at radius 2 is 1.77 bits per heavy atom. The van der Waals surface area contributed by atoms with Gasteiger partial charge in [-0.05, 0) is 75.2 Å². The molecule has 0 spiro atoms. The number of fused-ring (bicyclic) bond motifs is 1. The van der Waals surface area contributed by atoms with Crippen LogP contribution >= 0.6 is 0 Å². The number of benzene rings is 2. The molecule has 4 rings (SSSR count). The third-order valence-corrected chi connectivity index (χ3v) is 8.06. The van der Waals surface area contributed by atoms with Gasteiger partial charge in [0.25, 0.3) is 0 Å². The van der Waals surface area contributed by atoms with Crippen molar-refractivity contribution in [2.75, 3.05) is 43.9 Å². The first-order valence-corrected chi connectivity index (χ1v) is 14.4. The molecule has 9 heteroatoms. The van der Waals surface area contributed by atoms with Crippen LogP contribution in [0.3, 0.4) is 0 Å². The molecule has 3 N–H and O–H groups in total. The lowest BCUT2D eigenvalue weighted by atomic mass is 9.89. The van der Waals surface area contributed by atoms with E-state index < -0.39 is 6.03 Å². The van der Waals surface area contributed by atoms with E-state index in [2.05, 4.69) is 29.5 Å². The van der Waals surface area contributed by atoms with E-state index in [9.17, 15) is 19.1 Å². The van der Waals surface area contributed by atoms with E-state index in [4.69, 9.17) is 4.74 Å². The number of hydrogen-bond donors (Lipinski definition) is 3. The van der Waals surface area contributed by atoms with Crippen LogP contribution in [-0.2, 0) is 11.2 Å². The van der Waals surface area contributed by atoms with E-state index in [1.807, 2.05) is 13.0 Å². The maximum Gasteiger partial charge on any atom is 0.323 e. The largest absolute Gasteiger partial charge is 0.488 e. The van der Waals surface area contributed by atoms with E-state index in [-0.39, 0.29) is 42.8 Å². The van der Waals surface area contributed by atoms with Crippen molar-refractivity contribution >= 4 is 23.3 Å². The Balaban J connectivity index is 1.53. The summed E-state index contributed by atoms with van der Waals surface area (Å²) >= 11 is 0. The predicted molar refractivity (Wildman–Crippen MR) is 155 cm³/mol. The quantitative estimate of drug-likeness (QED) is 0.421. The van der Waals surface area contributed by atoms with Gasteiger partial charge >= 0.3 is 6.03 Å². The highest BCUT2D eigenvalue weighted by atomic mass is 19.1. The van der Waals surface area contributed by atoms with E-state index in [1.165, 1.54) is 56.4 Å². The summed E-state index contributed by atoms with van der Waals surface area (Å²) in [5.74, 6) is 0.893. The second-order valence-corrected chi connectivity index (χ2v) is 11.5. The fourth-order valence-electron chi connectivity index (χ4n) is 5.74. The first-order valence-electron chi connectivity index (χ1n) is 14.4. The van der Waals surface area contributed by atoms with Crippen molar-refractivity contribution < 1.29 is 23.8 Å². The molecule has 2 aromatic carbocycles. The van der Waals surface area contributed by atoms with Crippen molar-refractivity contribution in [3.63, 3.8) is 0 Å². The zero-order valence-electron chi connectivity index (χ0n) is 23.9. The number of halogens is 1. The molecule has 0 aromatic heterocycles. The number of hydrogen-bond acceptors (Lipinski definition) is 5. The van der Waals surface area contributed by atoms with Crippen molar-refractivity contribution in [3.8, 4) is 5.75 Å². The number of aliphatic hydroxyl groups is 1. The molecule has 8 nitrogen and oxygen atoms in total. The van der Waals surface area contributed by atoms with Gasteiger partial charge in [0.2, 0.25) is 5.91 Å². The molecular weight excluding hydrogens is 511 g/mol. The van der Waals surface area contributed by atoms with Gasteiger partial charge < -0.3 is 30.3 Å². The van der Waals surface area contributed by atoms with Crippen molar-refractivity contribution in [1.82, 2.24) is 9.80 Å². The van der Waals surface area contributed by atoms with Gasteiger partial charge in [-0.15, -0.1) is 0 Å². The highest BCUT2D eigenvalue weighted by molar-refractivity contribution is 5.99. The Kier molecular flexibility index (Phi) is 10.4. The molecule has 3 amide bonds. The monoisotopic (exact) mass is 554 g/mol. The first kappa shape index (κ1) is 29.8. The van der Waals surface area contributed by atoms with Crippen LogP contribution in [0.5, 0.6) is 5.75 Å². The fraction of sp³-hybridized carbons (Fsp3) is 0.548. The van der Waals surface area contributed by atoms with E-state index >= 15 is 0 Å². The molecule has 0 bridgehead atoms. The topological polar surface area (TPSA) is 94.1 Å². The standard InChI is InChI=1S/C31H43FN4O4/c1-21-17-36(22(2)20-37)30(38)16-24-15-27(34-31(39)33-26-11-9-25(32)10-12-26)13-14-28(24)40-29(21)19-35(3)18-23-7-5-4-6-8-23/h9-15,21-23,29,37H,4-8,16-20H2,1-3H3,(H2,33,34,39)/t21-,22-,29+/m0/s1. The number of aliphatic hydroxyl groups excluding tert-OH is 1. The SMILES string of the molecule is C[C@H]1CN([C@@H](C)CO)C(=O)Cc2cc(NC(=O)Nc3ccc(F)cc3)ccc2O[C@@H]1CN(C)CC1CCCCC1. The number of likely N-dealkylation sites (N-methyl/N-ethyl adjacent to an activating group) is 1. The van der Waals surface area contributed by atoms with Crippen LogP contribution in [0.25, 0.3) is 0 Å². The Bertz CT molecular complexity index is 1140. The van der Waals surface area contributed by atoms with Crippen LogP contribution < -0.4 is 15.4 Å². The molecule has 2 aliphatic rings. The van der Waals surface area contributed by atoms with Crippen molar-refractivity contribution in [2.24, 2.45) is 11.8 Å². The summed E-state index contributed by atoms with van der Waals surface area (Å²) in [4.78, 5) is 30.1. The zero-order chi connectivity index (χ0) is 28.6. The van der Waals surface area contributed by atoms with Gasteiger partial charge in [0.1, 0.15) is 17.7 Å². The van der Waals surface area contributed by atoms with Crippen molar-refractivity contribution in [2.45, 2.75) is 64.5 Å². The Hall–Kier alpha value is -3.17. The van der Waals surface area contributed by atoms with E-state index in [1.54, 1.807) is 17.0 Å². The van der Waals surface area contributed by atoms with Gasteiger partial charge in [0, 0.05) is 42.5 Å². The molecule has 40 heavy (non-hydrogen) atoms. The number of rotatable bonds is 8. The summed E-state index contributed by atoms with van der Waals surface area (Å²) in [6.07, 6.45) is 6.41. The first-order chi connectivity index (χ1) is 19.2. The van der Waals surface area contributed by atoms with E-state index in [0.717, 1.165) is 13.1 Å². The minimum absolute atomic E-state index is 0.0389. The lowest BCUT2D eigenvalue weighted by molar-refractivity contribution is -0.134. The smallest absolute Gasteiger partial charge is 0.323 e. The number of ether oxygens (including phenoxy) is 1. The normalized spacial score (nSPS) is 21.1. The molecule has 1 heterocycles. The Morgan fingerprint density at radius 1 is 1.10 bits per heavy atom. The number of anilines is 2. The lowest BCUT2D eigenvalue weighted by Crippen LogP contribution is -2.48. The highest BCUT2D eigenvalue weighted by Crippen LogP contribution is 2.30. The number of amides is 3. The number of carbonyl (C=O) groups excluding carboxylic acids is 2. The second kappa shape index (κ2) is 13.9.